The van der Waals surface area contributed by atoms with Crippen LogP contribution in [0.1, 0.15) is 43.6 Å². The van der Waals surface area contributed by atoms with Crippen molar-refractivity contribution in [3.63, 3.8) is 0 Å². The molecule has 0 heterocycles. The molecule has 0 aliphatic rings. The van der Waals surface area contributed by atoms with Gasteiger partial charge in [-0.15, -0.1) is 0 Å². The lowest BCUT2D eigenvalue weighted by molar-refractivity contribution is -0.165. The number of carbonyl (C=O) groups is 3. The molecule has 1 amide bonds. The molecular formula is C28H36N2O9. The molecule has 0 saturated carbocycles. The SMILES string of the molecule is COc1ccc(C=C(C)C(=O)c2cc(OC)c(OC)c(OC)c2)cc1NC(=O)C(C(=O)OC(C)(C)C)C(N)O. The zero-order valence-electron chi connectivity index (χ0n) is 23.4. The molecule has 212 valence electrons. The maximum atomic E-state index is 13.2. The highest BCUT2D eigenvalue weighted by Gasteiger charge is 2.36. The molecule has 0 bridgehead atoms. The van der Waals surface area contributed by atoms with Crippen LogP contribution in [0.5, 0.6) is 23.0 Å². The minimum atomic E-state index is -1.80. The average Bonchev–Trinajstić information content (AvgIpc) is 2.86. The number of Topliss-reactive ketones (excluding diaryl/α,β-unsaturated/α-hetero) is 1. The number of aliphatic hydroxyl groups is 1. The van der Waals surface area contributed by atoms with Gasteiger partial charge in [0.05, 0.1) is 34.1 Å². The van der Waals surface area contributed by atoms with Crippen molar-refractivity contribution in [1.82, 2.24) is 0 Å². The van der Waals surface area contributed by atoms with E-state index >= 15 is 0 Å². The van der Waals surface area contributed by atoms with E-state index in [-0.39, 0.29) is 17.2 Å². The second kappa shape index (κ2) is 13.1. The lowest BCUT2D eigenvalue weighted by Gasteiger charge is -2.25. The maximum absolute atomic E-state index is 13.2. The Bertz CT molecular complexity index is 1220. The van der Waals surface area contributed by atoms with Crippen LogP contribution in [-0.2, 0) is 14.3 Å². The van der Waals surface area contributed by atoms with Crippen molar-refractivity contribution >= 4 is 29.4 Å². The van der Waals surface area contributed by atoms with Gasteiger partial charge >= 0.3 is 5.97 Å². The van der Waals surface area contributed by atoms with Gasteiger partial charge in [0.1, 0.15) is 17.6 Å². The summed E-state index contributed by atoms with van der Waals surface area (Å²) in [7, 11) is 5.79. The number of methoxy groups -OCH3 is 4. The van der Waals surface area contributed by atoms with Crippen molar-refractivity contribution in [1.29, 1.82) is 0 Å². The molecule has 0 radical (unpaired) electrons. The third-order valence-corrected chi connectivity index (χ3v) is 5.43. The summed E-state index contributed by atoms with van der Waals surface area (Å²) in [6.07, 6.45) is -0.184. The Morgan fingerprint density at radius 2 is 1.49 bits per heavy atom. The number of nitrogens with one attached hydrogen (secondary N) is 1. The number of hydrogen-bond donors (Lipinski definition) is 3. The van der Waals surface area contributed by atoms with Crippen LogP contribution in [0.3, 0.4) is 0 Å². The molecule has 2 aromatic carbocycles. The summed E-state index contributed by atoms with van der Waals surface area (Å²) in [6.45, 7) is 6.52. The van der Waals surface area contributed by atoms with E-state index in [0.29, 0.717) is 33.9 Å². The number of anilines is 1. The molecule has 2 aromatic rings. The molecular weight excluding hydrogens is 508 g/mol. The number of rotatable bonds is 11. The van der Waals surface area contributed by atoms with Gasteiger partial charge in [0, 0.05) is 5.56 Å². The monoisotopic (exact) mass is 544 g/mol. The number of allylic oxidation sites excluding steroid dienone is 1. The van der Waals surface area contributed by atoms with Crippen molar-refractivity contribution < 1.29 is 43.2 Å². The van der Waals surface area contributed by atoms with Crippen LogP contribution in [0.2, 0.25) is 0 Å². The predicted octanol–water partition coefficient (Wildman–Crippen LogP) is 3.18. The van der Waals surface area contributed by atoms with Crippen LogP contribution in [-0.4, -0.2) is 63.0 Å². The summed E-state index contributed by atoms with van der Waals surface area (Å²) in [6, 6.07) is 7.92. The molecule has 0 saturated heterocycles. The van der Waals surface area contributed by atoms with Crippen LogP contribution in [0.25, 0.3) is 6.08 Å². The number of carbonyl (C=O) groups excluding carboxylic acids is 3. The number of nitrogens with two attached hydrogens (primary N) is 1. The van der Waals surface area contributed by atoms with Crippen molar-refractivity contribution in [2.24, 2.45) is 11.7 Å². The topological polar surface area (TPSA) is 156 Å². The Labute approximate surface area is 227 Å². The van der Waals surface area contributed by atoms with E-state index in [1.165, 1.54) is 28.4 Å². The Hall–Kier alpha value is -4.09. The first kappa shape index (κ1) is 31.1. The van der Waals surface area contributed by atoms with Gasteiger partial charge in [-0.05, 0) is 69.2 Å². The normalized spacial score (nSPS) is 13.1. The van der Waals surface area contributed by atoms with Crippen molar-refractivity contribution in [2.75, 3.05) is 33.8 Å². The van der Waals surface area contributed by atoms with Gasteiger partial charge in [-0.2, -0.15) is 0 Å². The van der Waals surface area contributed by atoms with E-state index < -0.39 is 29.6 Å². The fourth-order valence-corrected chi connectivity index (χ4v) is 3.65. The number of aliphatic hydroxyl groups excluding tert-OH is 1. The molecule has 39 heavy (non-hydrogen) atoms. The van der Waals surface area contributed by atoms with E-state index in [4.69, 9.17) is 29.4 Å². The minimum absolute atomic E-state index is 0.193. The zero-order valence-corrected chi connectivity index (χ0v) is 23.4. The van der Waals surface area contributed by atoms with Crippen LogP contribution < -0.4 is 30.0 Å². The van der Waals surface area contributed by atoms with Gasteiger partial charge in [-0.1, -0.05) is 6.07 Å². The molecule has 11 heteroatoms. The molecule has 2 rings (SSSR count). The first-order valence-corrected chi connectivity index (χ1v) is 11.9. The number of ether oxygens (including phenoxy) is 5. The third-order valence-electron chi connectivity index (χ3n) is 5.43. The molecule has 0 aliphatic heterocycles. The highest BCUT2D eigenvalue weighted by molar-refractivity contribution is 6.11. The largest absolute Gasteiger partial charge is 0.495 e. The Morgan fingerprint density at radius 1 is 0.923 bits per heavy atom. The minimum Gasteiger partial charge on any atom is -0.495 e. The van der Waals surface area contributed by atoms with Crippen LogP contribution in [0.4, 0.5) is 5.69 Å². The van der Waals surface area contributed by atoms with Crippen molar-refractivity contribution in [2.45, 2.75) is 39.5 Å². The highest BCUT2D eigenvalue weighted by Crippen LogP contribution is 2.39. The first-order valence-electron chi connectivity index (χ1n) is 11.9. The Morgan fingerprint density at radius 3 is 1.95 bits per heavy atom. The van der Waals surface area contributed by atoms with Crippen LogP contribution in [0, 0.1) is 5.92 Å². The predicted molar refractivity (Wildman–Crippen MR) is 145 cm³/mol. The molecule has 4 N–H and O–H groups in total. The number of benzene rings is 2. The number of ketones is 1. The Kier molecular flexibility index (Phi) is 10.5. The maximum Gasteiger partial charge on any atom is 0.323 e. The number of esters is 1. The molecule has 0 spiro atoms. The summed E-state index contributed by atoms with van der Waals surface area (Å²) < 4.78 is 26.5. The van der Waals surface area contributed by atoms with E-state index in [0.717, 1.165) is 0 Å². The van der Waals surface area contributed by atoms with Crippen LogP contribution >= 0.6 is 0 Å². The number of amides is 1. The van der Waals surface area contributed by atoms with E-state index in [1.54, 1.807) is 64.1 Å². The van der Waals surface area contributed by atoms with Gasteiger partial charge < -0.3 is 39.8 Å². The lowest BCUT2D eigenvalue weighted by atomic mass is 10.0. The standard InChI is InChI=1S/C28H36N2O9/c1-15(23(31)17-13-20(36-6)24(38-8)21(14-17)37-7)11-16-9-10-19(35-5)18(12-16)30-26(33)22(25(29)32)27(34)39-28(2,3)4/h9-14,22,25,32H,29H2,1-8H3,(H,30,33). The lowest BCUT2D eigenvalue weighted by Crippen LogP contribution is -2.46. The fourth-order valence-electron chi connectivity index (χ4n) is 3.65. The van der Waals surface area contributed by atoms with Gasteiger partial charge in [0.2, 0.25) is 11.7 Å². The van der Waals surface area contributed by atoms with Gasteiger partial charge in [-0.25, -0.2) is 0 Å². The highest BCUT2D eigenvalue weighted by atomic mass is 16.6. The summed E-state index contributed by atoms with van der Waals surface area (Å²) in [5.74, 6) is -2.53. The molecule has 2 unspecified atom stereocenters. The third kappa shape index (κ3) is 7.95. The zero-order chi connectivity index (χ0) is 29.5. The summed E-state index contributed by atoms with van der Waals surface area (Å²) in [5, 5.41) is 12.5. The summed E-state index contributed by atoms with van der Waals surface area (Å²) >= 11 is 0. The smallest absolute Gasteiger partial charge is 0.323 e. The average molecular weight is 545 g/mol. The van der Waals surface area contributed by atoms with Gasteiger partial charge in [0.15, 0.2) is 23.2 Å². The van der Waals surface area contributed by atoms with E-state index in [9.17, 15) is 19.5 Å². The second-order valence-corrected chi connectivity index (χ2v) is 9.52. The molecule has 0 aromatic heterocycles. The van der Waals surface area contributed by atoms with Crippen molar-refractivity contribution in [3.05, 3.63) is 47.0 Å². The van der Waals surface area contributed by atoms with E-state index in [2.05, 4.69) is 5.32 Å². The summed E-state index contributed by atoms with van der Waals surface area (Å²) in [4.78, 5) is 38.7. The molecule has 0 fully saturated rings. The summed E-state index contributed by atoms with van der Waals surface area (Å²) in [5.41, 5.74) is 6.05. The first-order chi connectivity index (χ1) is 18.3. The fraction of sp³-hybridized carbons (Fsp3) is 0.393. The van der Waals surface area contributed by atoms with E-state index in [1.807, 2.05) is 0 Å². The van der Waals surface area contributed by atoms with Gasteiger partial charge in [-0.3, -0.25) is 14.4 Å². The van der Waals surface area contributed by atoms with Crippen LogP contribution in [0.15, 0.2) is 35.9 Å². The second-order valence-electron chi connectivity index (χ2n) is 9.52. The Balaban J connectivity index is 2.40. The van der Waals surface area contributed by atoms with Crippen molar-refractivity contribution in [3.8, 4) is 23.0 Å². The molecule has 0 aliphatic carbocycles. The molecule has 2 atom stereocenters. The van der Waals surface area contributed by atoms with Gasteiger partial charge in [0.25, 0.3) is 0 Å². The number of hydrogen-bond acceptors (Lipinski definition) is 10. The quantitative estimate of drug-likeness (QED) is 0.126. The molecule has 11 nitrogen and oxygen atoms in total.